The van der Waals surface area contributed by atoms with Crippen LogP contribution in [0.25, 0.3) is 0 Å². The maximum absolute atomic E-state index is 10.4. The summed E-state index contributed by atoms with van der Waals surface area (Å²) in [6.07, 6.45) is 12.4. The number of allylic oxidation sites excluding steroid dienone is 4. The standard InChI is InChI=1S/C16H18N2O.C2H6/c1-3-5-14-10-12(4-2)15(11-18-14)16(19)13-6-8-17-9-7-13;1-2/h3-12,16,18-19H,2H2,1H3;1-2H3/b5-3-;. The second-order valence-corrected chi connectivity index (χ2v) is 4.36. The van der Waals surface area contributed by atoms with E-state index in [-0.39, 0.29) is 5.92 Å². The van der Waals surface area contributed by atoms with Gasteiger partial charge in [0.1, 0.15) is 6.10 Å². The summed E-state index contributed by atoms with van der Waals surface area (Å²) in [5.41, 5.74) is 2.73. The van der Waals surface area contributed by atoms with Crippen molar-refractivity contribution in [3.63, 3.8) is 0 Å². The minimum Gasteiger partial charge on any atom is -0.384 e. The first kappa shape index (κ1) is 16.9. The van der Waals surface area contributed by atoms with Crippen molar-refractivity contribution in [2.24, 2.45) is 5.92 Å². The molecular formula is C18H24N2O. The Morgan fingerprint density at radius 2 is 2.00 bits per heavy atom. The Bertz CT molecular complexity index is 529. The summed E-state index contributed by atoms with van der Waals surface area (Å²) in [7, 11) is 0. The van der Waals surface area contributed by atoms with Crippen LogP contribution in [0.4, 0.5) is 0 Å². The van der Waals surface area contributed by atoms with Crippen molar-refractivity contribution in [1.29, 1.82) is 0 Å². The number of nitrogens with one attached hydrogen (secondary N) is 1. The van der Waals surface area contributed by atoms with Gasteiger partial charge in [-0.1, -0.05) is 26.0 Å². The quantitative estimate of drug-likeness (QED) is 0.824. The molecule has 21 heavy (non-hydrogen) atoms. The van der Waals surface area contributed by atoms with Crippen LogP contribution >= 0.6 is 0 Å². The molecule has 0 saturated heterocycles. The highest BCUT2D eigenvalue weighted by atomic mass is 16.3. The van der Waals surface area contributed by atoms with E-state index < -0.39 is 6.10 Å². The van der Waals surface area contributed by atoms with Gasteiger partial charge in [0.05, 0.1) is 0 Å². The van der Waals surface area contributed by atoms with Gasteiger partial charge in [0.25, 0.3) is 0 Å². The SMILES string of the molecule is C=CC1C=C(/C=C\C)NC=C1C(O)c1ccncc1.CC. The van der Waals surface area contributed by atoms with Crippen molar-refractivity contribution in [3.8, 4) is 0 Å². The molecule has 0 aromatic carbocycles. The summed E-state index contributed by atoms with van der Waals surface area (Å²) in [5.74, 6) is 0.0237. The van der Waals surface area contributed by atoms with Gasteiger partial charge in [0.15, 0.2) is 0 Å². The number of pyridine rings is 1. The van der Waals surface area contributed by atoms with E-state index in [9.17, 15) is 5.11 Å². The highest BCUT2D eigenvalue weighted by Crippen LogP contribution is 2.31. The maximum atomic E-state index is 10.4. The fourth-order valence-corrected chi connectivity index (χ4v) is 2.09. The van der Waals surface area contributed by atoms with Gasteiger partial charge in [0.2, 0.25) is 0 Å². The molecular weight excluding hydrogens is 260 g/mol. The number of dihydropyridines is 1. The minimum absolute atomic E-state index is 0.0237. The van der Waals surface area contributed by atoms with Gasteiger partial charge in [0, 0.05) is 30.2 Å². The summed E-state index contributed by atoms with van der Waals surface area (Å²) < 4.78 is 0. The number of hydrogen-bond acceptors (Lipinski definition) is 3. The number of hydrogen-bond donors (Lipinski definition) is 2. The molecule has 0 saturated carbocycles. The molecule has 0 aliphatic carbocycles. The van der Waals surface area contributed by atoms with E-state index >= 15 is 0 Å². The summed E-state index contributed by atoms with van der Waals surface area (Å²) in [6, 6.07) is 3.63. The highest BCUT2D eigenvalue weighted by Gasteiger charge is 2.21. The van der Waals surface area contributed by atoms with E-state index in [4.69, 9.17) is 0 Å². The molecule has 1 aliphatic heterocycles. The molecule has 0 radical (unpaired) electrons. The normalized spacial score (nSPS) is 18.8. The molecule has 0 amide bonds. The second-order valence-electron chi connectivity index (χ2n) is 4.36. The van der Waals surface area contributed by atoms with Gasteiger partial charge in [-0.25, -0.2) is 0 Å². The number of aromatic nitrogens is 1. The van der Waals surface area contributed by atoms with Crippen molar-refractivity contribution in [3.05, 3.63) is 78.4 Å². The monoisotopic (exact) mass is 284 g/mol. The smallest absolute Gasteiger partial charge is 0.103 e. The minimum atomic E-state index is -0.651. The number of nitrogens with zero attached hydrogens (tertiary/aromatic N) is 1. The Labute approximate surface area is 127 Å². The van der Waals surface area contributed by atoms with Crippen LogP contribution in [-0.4, -0.2) is 10.1 Å². The van der Waals surface area contributed by atoms with Crippen LogP contribution in [0.1, 0.15) is 32.4 Å². The van der Waals surface area contributed by atoms with Gasteiger partial charge in [-0.05, 0) is 42.3 Å². The van der Waals surface area contributed by atoms with Crippen LogP contribution in [0.5, 0.6) is 0 Å². The molecule has 1 aromatic heterocycles. The van der Waals surface area contributed by atoms with Crippen LogP contribution in [0.2, 0.25) is 0 Å². The fraction of sp³-hybridized carbons (Fsp3) is 0.278. The van der Waals surface area contributed by atoms with Crippen molar-refractivity contribution < 1.29 is 5.11 Å². The van der Waals surface area contributed by atoms with Crippen LogP contribution in [0, 0.1) is 5.92 Å². The Balaban J connectivity index is 0.00000106. The number of aliphatic hydroxyl groups excluding tert-OH is 1. The van der Waals surface area contributed by atoms with Gasteiger partial charge < -0.3 is 10.4 Å². The topological polar surface area (TPSA) is 45.1 Å². The maximum Gasteiger partial charge on any atom is 0.103 e. The second kappa shape index (κ2) is 8.93. The van der Waals surface area contributed by atoms with Crippen LogP contribution in [0.3, 0.4) is 0 Å². The van der Waals surface area contributed by atoms with Gasteiger partial charge in [-0.2, -0.15) is 0 Å². The molecule has 2 N–H and O–H groups in total. The van der Waals surface area contributed by atoms with Gasteiger partial charge in [-0.15, -0.1) is 6.58 Å². The molecule has 2 unspecified atom stereocenters. The number of aliphatic hydroxyl groups is 1. The predicted octanol–water partition coefficient (Wildman–Crippen LogP) is 3.89. The zero-order chi connectivity index (χ0) is 15.7. The summed E-state index contributed by atoms with van der Waals surface area (Å²) in [6.45, 7) is 9.81. The van der Waals surface area contributed by atoms with Crippen LogP contribution < -0.4 is 5.32 Å². The molecule has 0 bridgehead atoms. The summed E-state index contributed by atoms with van der Waals surface area (Å²) in [4.78, 5) is 3.96. The van der Waals surface area contributed by atoms with E-state index in [1.54, 1.807) is 12.4 Å². The molecule has 0 spiro atoms. The van der Waals surface area contributed by atoms with Gasteiger partial charge in [-0.3, -0.25) is 4.98 Å². The summed E-state index contributed by atoms with van der Waals surface area (Å²) >= 11 is 0. The Morgan fingerprint density at radius 3 is 2.57 bits per heavy atom. The lowest BCUT2D eigenvalue weighted by Crippen LogP contribution is -2.19. The third-order valence-corrected chi connectivity index (χ3v) is 3.09. The molecule has 2 rings (SSSR count). The lowest BCUT2D eigenvalue weighted by atomic mass is 9.89. The van der Waals surface area contributed by atoms with E-state index in [0.29, 0.717) is 0 Å². The van der Waals surface area contributed by atoms with E-state index in [0.717, 1.165) is 16.8 Å². The molecule has 112 valence electrons. The molecule has 2 atom stereocenters. The Morgan fingerprint density at radius 1 is 1.33 bits per heavy atom. The fourth-order valence-electron chi connectivity index (χ4n) is 2.09. The van der Waals surface area contributed by atoms with Crippen LogP contribution in [-0.2, 0) is 0 Å². The lowest BCUT2D eigenvalue weighted by Gasteiger charge is -2.24. The van der Waals surface area contributed by atoms with Crippen molar-refractivity contribution >= 4 is 0 Å². The largest absolute Gasteiger partial charge is 0.384 e. The van der Waals surface area contributed by atoms with Gasteiger partial charge >= 0.3 is 0 Å². The first-order chi connectivity index (χ1) is 10.3. The van der Waals surface area contributed by atoms with Crippen molar-refractivity contribution in [2.75, 3.05) is 0 Å². The Kier molecular flexibility index (Phi) is 7.19. The highest BCUT2D eigenvalue weighted by molar-refractivity contribution is 5.37. The first-order valence-corrected chi connectivity index (χ1v) is 7.27. The predicted molar refractivity (Wildman–Crippen MR) is 88.3 cm³/mol. The zero-order valence-corrected chi connectivity index (χ0v) is 13.0. The molecule has 1 aromatic rings. The molecule has 3 nitrogen and oxygen atoms in total. The van der Waals surface area contributed by atoms with Crippen molar-refractivity contribution in [1.82, 2.24) is 10.3 Å². The molecule has 0 fully saturated rings. The van der Waals surface area contributed by atoms with Crippen LogP contribution in [0.15, 0.2) is 72.9 Å². The summed E-state index contributed by atoms with van der Waals surface area (Å²) in [5, 5.41) is 13.6. The van der Waals surface area contributed by atoms with E-state index in [2.05, 4.69) is 16.9 Å². The lowest BCUT2D eigenvalue weighted by molar-refractivity contribution is 0.207. The van der Waals surface area contributed by atoms with E-state index in [1.165, 1.54) is 0 Å². The molecule has 2 heterocycles. The average Bonchev–Trinajstić information content (AvgIpc) is 2.57. The first-order valence-electron chi connectivity index (χ1n) is 7.27. The number of rotatable bonds is 4. The molecule has 1 aliphatic rings. The third-order valence-electron chi connectivity index (χ3n) is 3.09. The van der Waals surface area contributed by atoms with E-state index in [1.807, 2.05) is 63.4 Å². The average molecular weight is 284 g/mol. The molecule has 3 heteroatoms. The Hall–Kier alpha value is -2.13. The zero-order valence-electron chi connectivity index (χ0n) is 13.0. The third kappa shape index (κ3) is 4.43. The van der Waals surface area contributed by atoms with Crippen molar-refractivity contribution in [2.45, 2.75) is 26.9 Å².